The molecule has 0 spiro atoms. The standard InChI is InChI=1S/C8H14N2O2/c1-8(2)4-5(6(9)10-3)7(11)12-8/h10H,4,9H2,1-3H3/b6-5+. The number of hydrogen-bond donors (Lipinski definition) is 2. The summed E-state index contributed by atoms with van der Waals surface area (Å²) in [5.41, 5.74) is 5.69. The van der Waals surface area contributed by atoms with Crippen LogP contribution in [0.2, 0.25) is 0 Å². The second kappa shape index (κ2) is 2.69. The van der Waals surface area contributed by atoms with Crippen LogP contribution in [0, 0.1) is 0 Å². The maximum absolute atomic E-state index is 11.2. The van der Waals surface area contributed by atoms with E-state index in [2.05, 4.69) is 5.32 Å². The first-order chi connectivity index (χ1) is 5.46. The van der Waals surface area contributed by atoms with Crippen LogP contribution in [0.4, 0.5) is 0 Å². The summed E-state index contributed by atoms with van der Waals surface area (Å²) in [5.74, 6) is 0.0948. The Morgan fingerprint density at radius 2 is 2.25 bits per heavy atom. The Balaban J connectivity index is 2.91. The summed E-state index contributed by atoms with van der Waals surface area (Å²) in [7, 11) is 1.68. The van der Waals surface area contributed by atoms with E-state index in [1.54, 1.807) is 7.05 Å². The van der Waals surface area contributed by atoms with Gasteiger partial charge in [-0.1, -0.05) is 0 Å². The molecule has 1 aliphatic heterocycles. The minimum Gasteiger partial charge on any atom is -0.456 e. The molecule has 0 aromatic carbocycles. The SMILES string of the molecule is CN/C(N)=C1\CC(C)(C)OC1=O. The number of carbonyl (C=O) groups excluding carboxylic acids is 1. The van der Waals surface area contributed by atoms with Crippen LogP contribution < -0.4 is 11.1 Å². The highest BCUT2D eigenvalue weighted by atomic mass is 16.6. The van der Waals surface area contributed by atoms with Crippen molar-refractivity contribution in [3.05, 3.63) is 11.4 Å². The van der Waals surface area contributed by atoms with Crippen LogP contribution in [-0.4, -0.2) is 18.6 Å². The molecule has 1 aliphatic rings. The average molecular weight is 170 g/mol. The fourth-order valence-corrected chi connectivity index (χ4v) is 1.20. The molecule has 1 fully saturated rings. The summed E-state index contributed by atoms with van der Waals surface area (Å²) in [6.07, 6.45) is 0.568. The molecule has 3 N–H and O–H groups in total. The third kappa shape index (κ3) is 1.52. The summed E-state index contributed by atoms with van der Waals surface area (Å²) in [6, 6.07) is 0. The summed E-state index contributed by atoms with van der Waals surface area (Å²) < 4.78 is 5.07. The smallest absolute Gasteiger partial charge is 0.338 e. The van der Waals surface area contributed by atoms with Crippen molar-refractivity contribution < 1.29 is 9.53 Å². The zero-order valence-electron chi connectivity index (χ0n) is 7.60. The maximum atomic E-state index is 11.2. The largest absolute Gasteiger partial charge is 0.456 e. The first-order valence-electron chi connectivity index (χ1n) is 3.86. The van der Waals surface area contributed by atoms with E-state index in [0.29, 0.717) is 17.8 Å². The van der Waals surface area contributed by atoms with Gasteiger partial charge in [0, 0.05) is 13.5 Å². The van der Waals surface area contributed by atoms with Gasteiger partial charge in [0.05, 0.1) is 5.57 Å². The molecule has 0 bridgehead atoms. The zero-order valence-corrected chi connectivity index (χ0v) is 7.60. The van der Waals surface area contributed by atoms with Gasteiger partial charge in [0.1, 0.15) is 11.4 Å². The van der Waals surface area contributed by atoms with Gasteiger partial charge in [-0.05, 0) is 13.8 Å². The Hall–Kier alpha value is -1.19. The number of cyclic esters (lactones) is 1. The molecule has 1 rings (SSSR count). The number of hydrogen-bond acceptors (Lipinski definition) is 4. The van der Waals surface area contributed by atoms with Crippen LogP contribution in [-0.2, 0) is 9.53 Å². The summed E-state index contributed by atoms with van der Waals surface area (Å²) >= 11 is 0. The van der Waals surface area contributed by atoms with Crippen molar-refractivity contribution in [2.24, 2.45) is 5.73 Å². The molecule has 0 atom stereocenters. The predicted molar refractivity (Wildman–Crippen MR) is 45.1 cm³/mol. The second-order valence-electron chi connectivity index (χ2n) is 3.47. The highest BCUT2D eigenvalue weighted by Gasteiger charge is 2.36. The molecule has 0 saturated carbocycles. The third-order valence-corrected chi connectivity index (χ3v) is 1.81. The molecule has 68 valence electrons. The van der Waals surface area contributed by atoms with Gasteiger partial charge in [-0.2, -0.15) is 0 Å². The minimum absolute atomic E-state index is 0.313. The van der Waals surface area contributed by atoms with Crippen LogP contribution in [0.15, 0.2) is 11.4 Å². The first kappa shape index (κ1) is 8.90. The minimum atomic E-state index is -0.409. The molecular weight excluding hydrogens is 156 g/mol. The topological polar surface area (TPSA) is 64.3 Å². The van der Waals surface area contributed by atoms with Crippen molar-refractivity contribution in [3.8, 4) is 0 Å². The van der Waals surface area contributed by atoms with Crippen LogP contribution in [0.1, 0.15) is 20.3 Å². The van der Waals surface area contributed by atoms with Gasteiger partial charge in [-0.25, -0.2) is 4.79 Å². The van der Waals surface area contributed by atoms with Gasteiger partial charge in [0.25, 0.3) is 0 Å². The van der Waals surface area contributed by atoms with E-state index in [-0.39, 0.29) is 5.97 Å². The van der Waals surface area contributed by atoms with E-state index in [4.69, 9.17) is 10.5 Å². The van der Waals surface area contributed by atoms with Gasteiger partial charge in [-0.15, -0.1) is 0 Å². The van der Waals surface area contributed by atoms with E-state index in [1.165, 1.54) is 0 Å². The summed E-state index contributed by atoms with van der Waals surface area (Å²) in [4.78, 5) is 11.2. The van der Waals surface area contributed by atoms with Gasteiger partial charge in [-0.3, -0.25) is 0 Å². The van der Waals surface area contributed by atoms with Gasteiger partial charge < -0.3 is 15.8 Å². The van der Waals surface area contributed by atoms with Gasteiger partial charge in [0.2, 0.25) is 0 Å². The fourth-order valence-electron chi connectivity index (χ4n) is 1.20. The van der Waals surface area contributed by atoms with Crippen LogP contribution in [0.3, 0.4) is 0 Å². The van der Waals surface area contributed by atoms with E-state index >= 15 is 0 Å². The van der Waals surface area contributed by atoms with Crippen molar-refractivity contribution in [2.45, 2.75) is 25.9 Å². The van der Waals surface area contributed by atoms with Crippen molar-refractivity contribution in [2.75, 3.05) is 7.05 Å². The third-order valence-electron chi connectivity index (χ3n) is 1.81. The van der Waals surface area contributed by atoms with Crippen molar-refractivity contribution in [3.63, 3.8) is 0 Å². The Bertz CT molecular complexity index is 243. The molecule has 4 nitrogen and oxygen atoms in total. The normalized spacial score (nSPS) is 25.1. The lowest BCUT2D eigenvalue weighted by molar-refractivity contribution is -0.143. The molecule has 0 unspecified atom stereocenters. The van der Waals surface area contributed by atoms with Gasteiger partial charge >= 0.3 is 5.97 Å². The molecule has 12 heavy (non-hydrogen) atoms. The number of nitrogens with two attached hydrogens (primary N) is 1. The Labute approximate surface area is 71.8 Å². The molecule has 1 heterocycles. The highest BCUT2D eigenvalue weighted by molar-refractivity contribution is 5.91. The van der Waals surface area contributed by atoms with Crippen LogP contribution in [0.5, 0.6) is 0 Å². The number of nitrogens with one attached hydrogen (secondary N) is 1. The quantitative estimate of drug-likeness (QED) is 0.433. The fraction of sp³-hybridized carbons (Fsp3) is 0.625. The van der Waals surface area contributed by atoms with E-state index in [9.17, 15) is 4.79 Å². The van der Waals surface area contributed by atoms with Crippen LogP contribution in [0.25, 0.3) is 0 Å². The second-order valence-corrected chi connectivity index (χ2v) is 3.47. The van der Waals surface area contributed by atoms with Crippen molar-refractivity contribution in [1.82, 2.24) is 5.32 Å². The molecule has 0 amide bonds. The number of rotatable bonds is 1. The maximum Gasteiger partial charge on any atom is 0.338 e. The number of carbonyl (C=O) groups is 1. The molecule has 4 heteroatoms. The monoisotopic (exact) mass is 170 g/mol. The molecule has 0 aromatic rings. The molecular formula is C8H14N2O2. The summed E-state index contributed by atoms with van der Waals surface area (Å²) in [6.45, 7) is 3.72. The van der Waals surface area contributed by atoms with E-state index < -0.39 is 5.60 Å². The molecule has 0 aromatic heterocycles. The highest BCUT2D eigenvalue weighted by Crippen LogP contribution is 2.30. The number of esters is 1. The Morgan fingerprint density at radius 1 is 1.67 bits per heavy atom. The average Bonchev–Trinajstić information content (AvgIpc) is 2.23. The van der Waals surface area contributed by atoms with E-state index in [0.717, 1.165) is 0 Å². The van der Waals surface area contributed by atoms with E-state index in [1.807, 2.05) is 13.8 Å². The number of ether oxygens (including phenoxy) is 1. The zero-order chi connectivity index (χ0) is 9.35. The summed E-state index contributed by atoms with van der Waals surface area (Å²) in [5, 5.41) is 2.73. The molecule has 0 aliphatic carbocycles. The van der Waals surface area contributed by atoms with Crippen LogP contribution >= 0.6 is 0 Å². The predicted octanol–water partition coefficient (Wildman–Crippen LogP) is 0.102. The Morgan fingerprint density at radius 3 is 2.58 bits per heavy atom. The molecule has 1 saturated heterocycles. The van der Waals surface area contributed by atoms with Crippen molar-refractivity contribution >= 4 is 5.97 Å². The lowest BCUT2D eigenvalue weighted by atomic mass is 10.0. The Kier molecular flexibility index (Phi) is 2.00. The first-order valence-corrected chi connectivity index (χ1v) is 3.86. The van der Waals surface area contributed by atoms with Gasteiger partial charge in [0.15, 0.2) is 0 Å². The molecule has 0 radical (unpaired) electrons. The lowest BCUT2D eigenvalue weighted by Crippen LogP contribution is -2.19. The lowest BCUT2D eigenvalue weighted by Gasteiger charge is -2.13. The van der Waals surface area contributed by atoms with Crippen molar-refractivity contribution in [1.29, 1.82) is 0 Å².